The lowest BCUT2D eigenvalue weighted by molar-refractivity contribution is 0.0697. The highest BCUT2D eigenvalue weighted by atomic mass is 16.4. The van der Waals surface area contributed by atoms with Crippen LogP contribution in [-0.4, -0.2) is 34.1 Å². The van der Waals surface area contributed by atoms with E-state index in [0.717, 1.165) is 5.39 Å². The number of rotatable bonds is 4. The number of benzene rings is 1. The zero-order valence-electron chi connectivity index (χ0n) is 9.05. The summed E-state index contributed by atoms with van der Waals surface area (Å²) in [7, 11) is 0. The molecule has 0 aliphatic heterocycles. The minimum atomic E-state index is -0.970. The fourth-order valence-corrected chi connectivity index (χ4v) is 1.52. The normalized spacial score (nSPS) is 10.4. The minimum absolute atomic E-state index is 0.209. The first-order valence-electron chi connectivity index (χ1n) is 5.14. The van der Waals surface area contributed by atoms with Crippen molar-refractivity contribution in [3.63, 3.8) is 0 Å². The van der Waals surface area contributed by atoms with E-state index in [1.54, 1.807) is 6.07 Å². The van der Waals surface area contributed by atoms with E-state index < -0.39 is 5.97 Å². The molecule has 1 aromatic heterocycles. The molecule has 0 fully saturated rings. The first-order chi connectivity index (χ1) is 8.22. The van der Waals surface area contributed by atoms with E-state index >= 15 is 0 Å². The summed E-state index contributed by atoms with van der Waals surface area (Å²) in [5.74, 6) is -0.306. The molecule has 6 heteroatoms. The Hall–Kier alpha value is -2.21. The van der Waals surface area contributed by atoms with Gasteiger partial charge in [-0.15, -0.1) is 0 Å². The van der Waals surface area contributed by atoms with E-state index in [-0.39, 0.29) is 5.56 Å². The predicted octanol–water partition coefficient (Wildman–Crippen LogP) is 0.699. The van der Waals surface area contributed by atoms with Crippen molar-refractivity contribution >= 4 is 22.7 Å². The summed E-state index contributed by atoms with van der Waals surface area (Å²) in [5, 5.41) is 12.7. The van der Waals surface area contributed by atoms with Crippen molar-refractivity contribution < 1.29 is 9.90 Å². The van der Waals surface area contributed by atoms with Gasteiger partial charge in [-0.25, -0.2) is 14.8 Å². The molecule has 2 aromatic rings. The Kier molecular flexibility index (Phi) is 3.15. The van der Waals surface area contributed by atoms with Crippen molar-refractivity contribution in [2.24, 2.45) is 5.73 Å². The molecule has 2 rings (SSSR count). The smallest absolute Gasteiger partial charge is 0.335 e. The number of carboxylic acids is 1. The number of nitrogens with one attached hydrogen (secondary N) is 1. The van der Waals surface area contributed by atoms with E-state index in [9.17, 15) is 4.79 Å². The summed E-state index contributed by atoms with van der Waals surface area (Å²) in [6, 6.07) is 4.74. The van der Waals surface area contributed by atoms with Gasteiger partial charge in [0.2, 0.25) is 0 Å². The van der Waals surface area contributed by atoms with Gasteiger partial charge in [0.25, 0.3) is 0 Å². The molecular formula is C11H12N4O2. The third-order valence-corrected chi connectivity index (χ3v) is 2.32. The van der Waals surface area contributed by atoms with Crippen molar-refractivity contribution in [1.82, 2.24) is 9.97 Å². The molecule has 0 aliphatic rings. The van der Waals surface area contributed by atoms with Crippen LogP contribution in [0.2, 0.25) is 0 Å². The lowest BCUT2D eigenvalue weighted by atomic mass is 10.1. The van der Waals surface area contributed by atoms with Gasteiger partial charge in [0.1, 0.15) is 12.1 Å². The van der Waals surface area contributed by atoms with E-state index in [2.05, 4.69) is 15.3 Å². The van der Waals surface area contributed by atoms with Crippen LogP contribution in [-0.2, 0) is 0 Å². The molecule has 0 aliphatic carbocycles. The van der Waals surface area contributed by atoms with Crippen molar-refractivity contribution in [2.45, 2.75) is 0 Å². The van der Waals surface area contributed by atoms with Crippen LogP contribution in [0.25, 0.3) is 10.9 Å². The number of nitrogens with two attached hydrogens (primary N) is 1. The van der Waals surface area contributed by atoms with E-state index in [1.807, 2.05) is 0 Å². The SMILES string of the molecule is NCCNc1ncnc2cc(C(=O)O)ccc12. The van der Waals surface area contributed by atoms with E-state index in [0.29, 0.717) is 24.4 Å². The van der Waals surface area contributed by atoms with Crippen molar-refractivity contribution in [2.75, 3.05) is 18.4 Å². The van der Waals surface area contributed by atoms with E-state index in [4.69, 9.17) is 10.8 Å². The monoisotopic (exact) mass is 232 g/mol. The van der Waals surface area contributed by atoms with Gasteiger partial charge in [-0.05, 0) is 18.2 Å². The maximum absolute atomic E-state index is 10.8. The van der Waals surface area contributed by atoms with Gasteiger partial charge in [-0.1, -0.05) is 0 Å². The second kappa shape index (κ2) is 4.75. The summed E-state index contributed by atoms with van der Waals surface area (Å²) >= 11 is 0. The number of nitrogens with zero attached hydrogens (tertiary/aromatic N) is 2. The van der Waals surface area contributed by atoms with Gasteiger partial charge < -0.3 is 16.2 Å². The zero-order chi connectivity index (χ0) is 12.3. The molecule has 1 heterocycles. The molecule has 0 radical (unpaired) electrons. The van der Waals surface area contributed by atoms with Crippen LogP contribution < -0.4 is 11.1 Å². The molecule has 0 atom stereocenters. The number of hydrogen-bond donors (Lipinski definition) is 3. The lowest BCUT2D eigenvalue weighted by Crippen LogP contribution is -2.14. The minimum Gasteiger partial charge on any atom is -0.478 e. The maximum atomic E-state index is 10.8. The topological polar surface area (TPSA) is 101 Å². The highest BCUT2D eigenvalue weighted by Gasteiger charge is 2.07. The molecule has 88 valence electrons. The zero-order valence-corrected chi connectivity index (χ0v) is 9.05. The Morgan fingerprint density at radius 2 is 2.24 bits per heavy atom. The number of carbonyl (C=O) groups is 1. The molecule has 0 spiro atoms. The lowest BCUT2D eigenvalue weighted by Gasteiger charge is -2.07. The standard InChI is InChI=1S/C11H12N4O2/c12-3-4-13-10-8-2-1-7(11(16)17)5-9(8)14-6-15-10/h1-2,5-6H,3-4,12H2,(H,16,17)(H,13,14,15). The van der Waals surface area contributed by atoms with Crippen LogP contribution in [0.15, 0.2) is 24.5 Å². The van der Waals surface area contributed by atoms with Crippen molar-refractivity contribution in [3.05, 3.63) is 30.1 Å². The second-order valence-electron chi connectivity index (χ2n) is 3.47. The van der Waals surface area contributed by atoms with Gasteiger partial charge in [0.05, 0.1) is 11.1 Å². The van der Waals surface area contributed by atoms with Gasteiger partial charge in [-0.2, -0.15) is 0 Å². The number of hydrogen-bond acceptors (Lipinski definition) is 5. The van der Waals surface area contributed by atoms with Gasteiger partial charge in [-0.3, -0.25) is 0 Å². The molecule has 0 saturated carbocycles. The fraction of sp³-hybridized carbons (Fsp3) is 0.182. The quantitative estimate of drug-likeness (QED) is 0.717. The number of carboxylic acid groups (broad SMARTS) is 1. The van der Waals surface area contributed by atoms with Crippen molar-refractivity contribution in [1.29, 1.82) is 0 Å². The number of aromatic nitrogens is 2. The molecular weight excluding hydrogens is 220 g/mol. The van der Waals surface area contributed by atoms with E-state index in [1.165, 1.54) is 18.5 Å². The largest absolute Gasteiger partial charge is 0.478 e. The molecule has 0 bridgehead atoms. The Morgan fingerprint density at radius 1 is 1.41 bits per heavy atom. The summed E-state index contributed by atoms with van der Waals surface area (Å²) in [6.07, 6.45) is 1.40. The van der Waals surface area contributed by atoms with Crippen molar-refractivity contribution in [3.8, 4) is 0 Å². The first kappa shape index (κ1) is 11.3. The molecule has 17 heavy (non-hydrogen) atoms. The molecule has 6 nitrogen and oxygen atoms in total. The van der Waals surface area contributed by atoms with Gasteiger partial charge in [0, 0.05) is 18.5 Å². The second-order valence-corrected chi connectivity index (χ2v) is 3.47. The predicted molar refractivity (Wildman–Crippen MR) is 64.0 cm³/mol. The maximum Gasteiger partial charge on any atom is 0.335 e. The third-order valence-electron chi connectivity index (χ3n) is 2.32. The van der Waals surface area contributed by atoms with Crippen LogP contribution in [0.4, 0.5) is 5.82 Å². The number of aromatic carboxylic acids is 1. The fourth-order valence-electron chi connectivity index (χ4n) is 1.52. The van der Waals surface area contributed by atoms with Crippen LogP contribution in [0.1, 0.15) is 10.4 Å². The van der Waals surface area contributed by atoms with Crippen LogP contribution >= 0.6 is 0 Å². The average Bonchev–Trinajstić information content (AvgIpc) is 2.35. The number of fused-ring (bicyclic) bond motifs is 1. The Labute approximate surface area is 97.5 Å². The van der Waals surface area contributed by atoms with Crippen LogP contribution in [0.5, 0.6) is 0 Å². The molecule has 0 unspecified atom stereocenters. The Bertz CT molecular complexity index is 556. The summed E-state index contributed by atoms with van der Waals surface area (Å²) in [6.45, 7) is 1.10. The summed E-state index contributed by atoms with van der Waals surface area (Å²) in [5.41, 5.74) is 6.21. The molecule has 4 N–H and O–H groups in total. The summed E-state index contributed by atoms with van der Waals surface area (Å²) < 4.78 is 0. The molecule has 0 amide bonds. The first-order valence-corrected chi connectivity index (χ1v) is 5.14. The van der Waals surface area contributed by atoms with Gasteiger partial charge >= 0.3 is 5.97 Å². The van der Waals surface area contributed by atoms with Crippen LogP contribution in [0.3, 0.4) is 0 Å². The van der Waals surface area contributed by atoms with Gasteiger partial charge in [0.15, 0.2) is 0 Å². The highest BCUT2D eigenvalue weighted by Crippen LogP contribution is 2.20. The Morgan fingerprint density at radius 3 is 2.94 bits per heavy atom. The highest BCUT2D eigenvalue weighted by molar-refractivity contribution is 5.96. The Balaban J connectivity index is 2.47. The number of anilines is 1. The summed E-state index contributed by atoms with van der Waals surface area (Å²) in [4.78, 5) is 19.0. The average molecular weight is 232 g/mol. The third kappa shape index (κ3) is 2.31. The van der Waals surface area contributed by atoms with Crippen LogP contribution in [0, 0.1) is 0 Å². The molecule has 0 saturated heterocycles. The molecule has 1 aromatic carbocycles.